The van der Waals surface area contributed by atoms with E-state index in [1.54, 1.807) is 12.1 Å². The van der Waals surface area contributed by atoms with Crippen molar-refractivity contribution in [2.75, 3.05) is 6.54 Å². The van der Waals surface area contributed by atoms with Crippen molar-refractivity contribution in [2.24, 2.45) is 0 Å². The van der Waals surface area contributed by atoms with Crippen LogP contribution in [0, 0.1) is 0 Å². The number of carbonyl (C=O) groups excluding carboxylic acids is 1. The van der Waals surface area contributed by atoms with Crippen LogP contribution in [0.5, 0.6) is 0 Å². The molecule has 0 aliphatic rings. The normalized spacial score (nSPS) is 11.7. The number of carboxylic acids is 1. The Kier molecular flexibility index (Phi) is 4.86. The van der Waals surface area contributed by atoms with Gasteiger partial charge in [0.05, 0.1) is 4.90 Å². The number of sulfonamides is 1. The van der Waals surface area contributed by atoms with Crippen molar-refractivity contribution in [3.63, 3.8) is 0 Å². The first kappa shape index (κ1) is 14.7. The van der Waals surface area contributed by atoms with Crippen molar-refractivity contribution in [1.82, 2.24) is 4.72 Å². The Morgan fingerprint density at radius 1 is 1.28 bits per heavy atom. The van der Waals surface area contributed by atoms with E-state index >= 15 is 0 Å². The van der Waals surface area contributed by atoms with Gasteiger partial charge in [-0.05, 0) is 23.6 Å². The highest BCUT2D eigenvalue weighted by atomic mass is 32.2. The number of benzene rings is 1. The molecule has 0 saturated heterocycles. The lowest BCUT2D eigenvalue weighted by molar-refractivity contribution is -0.305. The zero-order chi connectivity index (χ0) is 13.8. The van der Waals surface area contributed by atoms with Gasteiger partial charge in [-0.3, -0.25) is 0 Å². The molecule has 1 rings (SSSR count). The second kappa shape index (κ2) is 5.97. The van der Waals surface area contributed by atoms with Gasteiger partial charge in [-0.15, -0.1) is 0 Å². The highest BCUT2D eigenvalue weighted by molar-refractivity contribution is 7.89. The summed E-state index contributed by atoms with van der Waals surface area (Å²) in [5.41, 5.74) is 1.05. The lowest BCUT2D eigenvalue weighted by Gasteiger charge is -2.09. The summed E-state index contributed by atoms with van der Waals surface area (Å²) in [4.78, 5) is 10.3. The van der Waals surface area contributed by atoms with Crippen LogP contribution in [0.3, 0.4) is 0 Å². The number of hydrogen-bond acceptors (Lipinski definition) is 4. The van der Waals surface area contributed by atoms with Crippen LogP contribution in [0.4, 0.5) is 0 Å². The van der Waals surface area contributed by atoms with Crippen molar-refractivity contribution in [1.29, 1.82) is 0 Å². The Labute approximate surface area is 107 Å². The lowest BCUT2D eigenvalue weighted by atomic mass is 10.0. The molecule has 0 spiro atoms. The summed E-state index contributed by atoms with van der Waals surface area (Å²) in [5, 5.41) is 10.2. The molecule has 1 N–H and O–H groups in total. The fraction of sp³-hybridized carbons (Fsp3) is 0.417. The summed E-state index contributed by atoms with van der Waals surface area (Å²) in [7, 11) is -3.64. The molecule has 0 aliphatic carbocycles. The Balaban J connectivity index is 2.76. The van der Waals surface area contributed by atoms with Gasteiger partial charge in [-0.1, -0.05) is 26.0 Å². The molecule has 0 bridgehead atoms. The van der Waals surface area contributed by atoms with E-state index in [1.807, 2.05) is 13.8 Å². The van der Waals surface area contributed by atoms with Crippen LogP contribution < -0.4 is 9.83 Å². The molecule has 5 nitrogen and oxygen atoms in total. The molecule has 0 atom stereocenters. The summed E-state index contributed by atoms with van der Waals surface area (Å²) >= 11 is 0. The molecule has 0 radical (unpaired) electrons. The second-order valence-electron chi connectivity index (χ2n) is 4.24. The van der Waals surface area contributed by atoms with Crippen LogP contribution in [0.2, 0.25) is 0 Å². The van der Waals surface area contributed by atoms with E-state index in [-0.39, 0.29) is 17.9 Å². The lowest BCUT2D eigenvalue weighted by Crippen LogP contribution is -2.31. The SMILES string of the molecule is CC(C)c1ccc(S(=O)(=O)NCCC(=O)[O-])cc1. The highest BCUT2D eigenvalue weighted by Gasteiger charge is 2.13. The van der Waals surface area contributed by atoms with Crippen molar-refractivity contribution in [3.05, 3.63) is 29.8 Å². The van der Waals surface area contributed by atoms with E-state index < -0.39 is 16.0 Å². The zero-order valence-corrected chi connectivity index (χ0v) is 11.2. The predicted molar refractivity (Wildman–Crippen MR) is 65.3 cm³/mol. The summed E-state index contributed by atoms with van der Waals surface area (Å²) in [6.07, 6.45) is -0.344. The molecule has 1 aromatic carbocycles. The summed E-state index contributed by atoms with van der Waals surface area (Å²) in [6, 6.07) is 6.52. The average molecular weight is 270 g/mol. The summed E-state index contributed by atoms with van der Waals surface area (Å²) < 4.78 is 25.7. The molecule has 0 fully saturated rings. The fourth-order valence-corrected chi connectivity index (χ4v) is 2.43. The molecule has 0 aliphatic heterocycles. The first-order valence-electron chi connectivity index (χ1n) is 5.62. The third-order valence-corrected chi connectivity index (χ3v) is 3.96. The average Bonchev–Trinajstić information content (AvgIpc) is 2.28. The third-order valence-electron chi connectivity index (χ3n) is 2.48. The van der Waals surface area contributed by atoms with Crippen LogP contribution in [0.1, 0.15) is 31.7 Å². The zero-order valence-electron chi connectivity index (χ0n) is 10.3. The van der Waals surface area contributed by atoms with Gasteiger partial charge < -0.3 is 9.90 Å². The van der Waals surface area contributed by atoms with E-state index in [0.29, 0.717) is 5.92 Å². The van der Waals surface area contributed by atoms with E-state index in [9.17, 15) is 18.3 Å². The number of aliphatic carboxylic acids is 1. The molecule has 6 heteroatoms. The summed E-state index contributed by atoms with van der Waals surface area (Å²) in [5.74, 6) is -0.958. The van der Waals surface area contributed by atoms with Gasteiger partial charge in [-0.2, -0.15) is 0 Å². The highest BCUT2D eigenvalue weighted by Crippen LogP contribution is 2.17. The minimum atomic E-state index is -3.64. The molecule has 0 heterocycles. The minimum Gasteiger partial charge on any atom is -0.550 e. The first-order valence-corrected chi connectivity index (χ1v) is 7.10. The maximum absolute atomic E-state index is 11.8. The molecule has 100 valence electrons. The molecular formula is C12H16NO4S-. The Hall–Kier alpha value is -1.40. The topological polar surface area (TPSA) is 86.3 Å². The fourth-order valence-electron chi connectivity index (χ4n) is 1.40. The van der Waals surface area contributed by atoms with Gasteiger partial charge in [0.2, 0.25) is 10.0 Å². The monoisotopic (exact) mass is 270 g/mol. The van der Waals surface area contributed by atoms with E-state index in [2.05, 4.69) is 4.72 Å². The number of nitrogens with one attached hydrogen (secondary N) is 1. The molecule has 0 aromatic heterocycles. The van der Waals surface area contributed by atoms with Gasteiger partial charge in [-0.25, -0.2) is 13.1 Å². The van der Waals surface area contributed by atoms with E-state index in [0.717, 1.165) is 5.56 Å². The maximum Gasteiger partial charge on any atom is 0.240 e. The maximum atomic E-state index is 11.8. The minimum absolute atomic E-state index is 0.130. The van der Waals surface area contributed by atoms with E-state index in [4.69, 9.17) is 0 Å². The number of carboxylic acid groups (broad SMARTS) is 1. The van der Waals surface area contributed by atoms with Crippen LogP contribution in [0.15, 0.2) is 29.2 Å². The molecule has 1 aromatic rings. The standard InChI is InChI=1S/C12H17NO4S/c1-9(2)10-3-5-11(6-4-10)18(16,17)13-8-7-12(14)15/h3-6,9,13H,7-8H2,1-2H3,(H,14,15)/p-1. The van der Waals surface area contributed by atoms with Gasteiger partial charge in [0, 0.05) is 18.9 Å². The molecule has 18 heavy (non-hydrogen) atoms. The van der Waals surface area contributed by atoms with Crippen LogP contribution in [-0.4, -0.2) is 20.9 Å². The molecular weight excluding hydrogens is 254 g/mol. The van der Waals surface area contributed by atoms with Gasteiger partial charge in [0.1, 0.15) is 0 Å². The van der Waals surface area contributed by atoms with Crippen LogP contribution in [-0.2, 0) is 14.8 Å². The largest absolute Gasteiger partial charge is 0.550 e. The summed E-state index contributed by atoms with van der Waals surface area (Å²) in [6.45, 7) is 3.86. The Morgan fingerprint density at radius 2 is 1.83 bits per heavy atom. The van der Waals surface area contributed by atoms with Gasteiger partial charge >= 0.3 is 0 Å². The quantitative estimate of drug-likeness (QED) is 0.801. The van der Waals surface area contributed by atoms with Crippen molar-refractivity contribution >= 4 is 16.0 Å². The third kappa shape index (κ3) is 4.12. The Bertz CT molecular complexity index is 505. The van der Waals surface area contributed by atoms with Crippen molar-refractivity contribution < 1.29 is 18.3 Å². The Morgan fingerprint density at radius 3 is 2.28 bits per heavy atom. The number of rotatable bonds is 6. The van der Waals surface area contributed by atoms with Crippen molar-refractivity contribution in [3.8, 4) is 0 Å². The first-order chi connectivity index (χ1) is 8.33. The molecule has 0 unspecified atom stereocenters. The number of hydrogen-bond donors (Lipinski definition) is 1. The second-order valence-corrected chi connectivity index (χ2v) is 6.01. The van der Waals surface area contributed by atoms with E-state index in [1.165, 1.54) is 12.1 Å². The van der Waals surface area contributed by atoms with Gasteiger partial charge in [0.25, 0.3) is 0 Å². The molecule has 0 saturated carbocycles. The predicted octanol–water partition coefficient (Wildman–Crippen LogP) is 0.228. The smallest absolute Gasteiger partial charge is 0.240 e. The van der Waals surface area contributed by atoms with Crippen LogP contribution >= 0.6 is 0 Å². The number of carbonyl (C=O) groups is 1. The van der Waals surface area contributed by atoms with Crippen LogP contribution in [0.25, 0.3) is 0 Å². The van der Waals surface area contributed by atoms with Gasteiger partial charge in [0.15, 0.2) is 0 Å². The molecule has 0 amide bonds. The van der Waals surface area contributed by atoms with Crippen molar-refractivity contribution in [2.45, 2.75) is 31.1 Å².